The third kappa shape index (κ3) is 3.50. The van der Waals surface area contributed by atoms with Crippen LogP contribution in [0.1, 0.15) is 11.1 Å². The van der Waals surface area contributed by atoms with Crippen molar-refractivity contribution in [2.24, 2.45) is 0 Å². The second-order valence-electron chi connectivity index (χ2n) is 7.08. The molecule has 0 atom stereocenters. The number of benzene rings is 3. The van der Waals surface area contributed by atoms with E-state index in [1.165, 1.54) is 25.4 Å². The Labute approximate surface area is 175 Å². The van der Waals surface area contributed by atoms with Gasteiger partial charge in [-0.25, -0.2) is 8.42 Å². The molecule has 0 saturated carbocycles. The number of rotatable bonds is 5. The summed E-state index contributed by atoms with van der Waals surface area (Å²) in [5.41, 5.74) is 2.25. The van der Waals surface area contributed by atoms with Crippen molar-refractivity contribution in [3.63, 3.8) is 0 Å². The molecule has 0 aliphatic carbocycles. The van der Waals surface area contributed by atoms with Crippen molar-refractivity contribution in [3.05, 3.63) is 100 Å². The molecule has 0 aliphatic rings. The lowest BCUT2D eigenvalue weighted by atomic mass is 10.1. The Balaban J connectivity index is 2.01. The highest BCUT2D eigenvalue weighted by molar-refractivity contribution is 7.91. The zero-order valence-corrected chi connectivity index (χ0v) is 17.5. The van der Waals surface area contributed by atoms with E-state index >= 15 is 0 Å². The zero-order valence-electron chi connectivity index (χ0n) is 16.7. The number of ether oxygens (including phenoxy) is 1. The minimum Gasteiger partial charge on any atom is -0.497 e. The lowest BCUT2D eigenvalue weighted by Gasteiger charge is -2.16. The average Bonchev–Trinajstić information content (AvgIpc) is 2.77. The van der Waals surface area contributed by atoms with Crippen molar-refractivity contribution in [3.8, 4) is 5.75 Å². The summed E-state index contributed by atoms with van der Waals surface area (Å²) in [4.78, 5) is 13.1. The molecule has 4 aromatic rings. The fourth-order valence-electron chi connectivity index (χ4n) is 3.50. The number of hydrogen-bond donors (Lipinski definition) is 0. The standard InChI is InChI=1S/C24H21NO4S/c1-17-8-6-7-9-18(17)15-25-16-23(30(27,28)20-10-4-3-5-11-20)24(26)21-14-19(29-2)12-13-22(21)25/h3-14,16H,15H2,1-2H3. The highest BCUT2D eigenvalue weighted by Crippen LogP contribution is 2.24. The third-order valence-electron chi connectivity index (χ3n) is 5.20. The lowest BCUT2D eigenvalue weighted by molar-refractivity contribution is 0.415. The van der Waals surface area contributed by atoms with Crippen molar-refractivity contribution < 1.29 is 13.2 Å². The van der Waals surface area contributed by atoms with Gasteiger partial charge in [-0.1, -0.05) is 42.5 Å². The molecule has 0 bridgehead atoms. The van der Waals surface area contributed by atoms with E-state index in [2.05, 4.69) is 0 Å². The monoisotopic (exact) mass is 419 g/mol. The summed E-state index contributed by atoms with van der Waals surface area (Å²) >= 11 is 0. The first kappa shape index (κ1) is 19.9. The molecule has 5 nitrogen and oxygen atoms in total. The Hall–Kier alpha value is -3.38. The van der Waals surface area contributed by atoms with Gasteiger partial charge in [0.05, 0.1) is 22.9 Å². The molecule has 0 saturated heterocycles. The van der Waals surface area contributed by atoms with Crippen molar-refractivity contribution in [1.29, 1.82) is 0 Å². The molecule has 0 unspecified atom stereocenters. The minimum atomic E-state index is -3.98. The van der Waals surface area contributed by atoms with Crippen LogP contribution >= 0.6 is 0 Å². The number of methoxy groups -OCH3 is 1. The molecular weight excluding hydrogens is 398 g/mol. The molecule has 4 rings (SSSR count). The molecule has 1 heterocycles. The van der Waals surface area contributed by atoms with Crippen molar-refractivity contribution in [2.75, 3.05) is 7.11 Å². The number of aromatic nitrogens is 1. The quantitative estimate of drug-likeness (QED) is 0.486. The summed E-state index contributed by atoms with van der Waals surface area (Å²) in [7, 11) is -2.47. The van der Waals surface area contributed by atoms with Gasteiger partial charge in [-0.15, -0.1) is 0 Å². The highest BCUT2D eigenvalue weighted by atomic mass is 32.2. The fourth-order valence-corrected chi connectivity index (χ4v) is 4.89. The van der Waals surface area contributed by atoms with Crippen LogP contribution in [-0.2, 0) is 16.4 Å². The van der Waals surface area contributed by atoms with Gasteiger partial charge in [0.15, 0.2) is 0 Å². The zero-order chi connectivity index (χ0) is 21.3. The Morgan fingerprint density at radius 1 is 0.933 bits per heavy atom. The van der Waals surface area contributed by atoms with Gasteiger partial charge in [-0.2, -0.15) is 0 Å². The molecule has 1 aromatic heterocycles. The van der Waals surface area contributed by atoms with Crippen LogP contribution in [0.25, 0.3) is 10.9 Å². The maximum atomic E-state index is 13.3. The van der Waals surface area contributed by atoms with Gasteiger partial charge in [-0.05, 0) is 48.4 Å². The summed E-state index contributed by atoms with van der Waals surface area (Å²) in [5.74, 6) is 0.497. The van der Waals surface area contributed by atoms with E-state index in [1.54, 1.807) is 36.4 Å². The van der Waals surface area contributed by atoms with E-state index in [0.29, 0.717) is 23.2 Å². The molecule has 0 fully saturated rings. The summed E-state index contributed by atoms with van der Waals surface area (Å²) in [5, 5.41) is 0.306. The first-order valence-electron chi connectivity index (χ1n) is 9.47. The maximum Gasteiger partial charge on any atom is 0.211 e. The SMILES string of the molecule is COc1ccc2c(c1)c(=O)c(S(=O)(=O)c1ccccc1)cn2Cc1ccccc1C. The number of aryl methyl sites for hydroxylation is 1. The van der Waals surface area contributed by atoms with Crippen LogP contribution in [-0.4, -0.2) is 20.1 Å². The number of pyridine rings is 1. The van der Waals surface area contributed by atoms with E-state index in [-0.39, 0.29) is 9.79 Å². The summed E-state index contributed by atoms with van der Waals surface area (Å²) in [6.07, 6.45) is 1.45. The molecule has 3 aromatic carbocycles. The fraction of sp³-hybridized carbons (Fsp3) is 0.125. The van der Waals surface area contributed by atoms with E-state index in [1.807, 2.05) is 35.8 Å². The van der Waals surface area contributed by atoms with Crippen molar-refractivity contribution in [2.45, 2.75) is 23.3 Å². The third-order valence-corrected chi connectivity index (χ3v) is 6.96. The van der Waals surface area contributed by atoms with Gasteiger partial charge in [0.1, 0.15) is 10.6 Å². The lowest BCUT2D eigenvalue weighted by Crippen LogP contribution is -2.20. The van der Waals surface area contributed by atoms with E-state index in [9.17, 15) is 13.2 Å². The highest BCUT2D eigenvalue weighted by Gasteiger charge is 2.24. The van der Waals surface area contributed by atoms with Crippen LogP contribution < -0.4 is 10.2 Å². The smallest absolute Gasteiger partial charge is 0.211 e. The second-order valence-corrected chi connectivity index (χ2v) is 8.99. The van der Waals surface area contributed by atoms with Crippen LogP contribution in [0.15, 0.2) is 93.6 Å². The van der Waals surface area contributed by atoms with E-state index < -0.39 is 15.3 Å². The Morgan fingerprint density at radius 2 is 1.63 bits per heavy atom. The molecule has 0 spiro atoms. The van der Waals surface area contributed by atoms with E-state index in [0.717, 1.165) is 11.1 Å². The van der Waals surface area contributed by atoms with Crippen molar-refractivity contribution >= 4 is 20.7 Å². The first-order valence-corrected chi connectivity index (χ1v) is 11.0. The van der Waals surface area contributed by atoms with Crippen LogP contribution in [0, 0.1) is 6.92 Å². The van der Waals surface area contributed by atoms with Crippen LogP contribution in [0.5, 0.6) is 5.75 Å². The minimum absolute atomic E-state index is 0.0896. The summed E-state index contributed by atoms with van der Waals surface area (Å²) in [6, 6.07) is 21.1. The van der Waals surface area contributed by atoms with Crippen LogP contribution in [0.4, 0.5) is 0 Å². The molecule has 30 heavy (non-hydrogen) atoms. The van der Waals surface area contributed by atoms with Gasteiger partial charge in [0.2, 0.25) is 15.3 Å². The number of sulfone groups is 1. The summed E-state index contributed by atoms with van der Waals surface area (Å²) < 4.78 is 33.6. The van der Waals surface area contributed by atoms with Gasteiger partial charge in [0, 0.05) is 12.7 Å². The van der Waals surface area contributed by atoms with Crippen LogP contribution in [0.3, 0.4) is 0 Å². The molecule has 0 aliphatic heterocycles. The average molecular weight is 420 g/mol. The molecular formula is C24H21NO4S. The topological polar surface area (TPSA) is 65.4 Å². The molecule has 0 amide bonds. The van der Waals surface area contributed by atoms with E-state index in [4.69, 9.17) is 4.74 Å². The number of hydrogen-bond acceptors (Lipinski definition) is 4. The Bertz CT molecular complexity index is 1390. The van der Waals surface area contributed by atoms with Gasteiger partial charge in [0.25, 0.3) is 0 Å². The van der Waals surface area contributed by atoms with Crippen molar-refractivity contribution in [1.82, 2.24) is 4.57 Å². The first-order chi connectivity index (χ1) is 14.4. The number of fused-ring (bicyclic) bond motifs is 1. The Morgan fingerprint density at radius 3 is 2.33 bits per heavy atom. The Kier molecular flexibility index (Phi) is 5.18. The molecule has 0 radical (unpaired) electrons. The predicted molar refractivity (Wildman–Crippen MR) is 117 cm³/mol. The second kappa shape index (κ2) is 7.80. The maximum absolute atomic E-state index is 13.3. The van der Waals surface area contributed by atoms with Gasteiger partial charge >= 0.3 is 0 Å². The molecule has 0 N–H and O–H groups in total. The van der Waals surface area contributed by atoms with Gasteiger partial charge < -0.3 is 9.30 Å². The summed E-state index contributed by atoms with van der Waals surface area (Å²) in [6.45, 7) is 2.44. The predicted octanol–water partition coefficient (Wildman–Crippen LogP) is 4.20. The molecule has 152 valence electrons. The largest absolute Gasteiger partial charge is 0.497 e. The van der Waals surface area contributed by atoms with Crippen LogP contribution in [0.2, 0.25) is 0 Å². The molecule has 6 heteroatoms. The normalized spacial score (nSPS) is 11.5. The number of nitrogens with zero attached hydrogens (tertiary/aromatic N) is 1. The van der Waals surface area contributed by atoms with Gasteiger partial charge in [-0.3, -0.25) is 4.79 Å².